The maximum Gasteiger partial charge on any atom is 0.272 e. The van der Waals surface area contributed by atoms with Crippen molar-refractivity contribution in [1.82, 2.24) is 20.5 Å². The normalized spacial score (nSPS) is 10.2. The van der Waals surface area contributed by atoms with Crippen molar-refractivity contribution >= 4 is 23.1 Å². The Morgan fingerprint density at radius 1 is 1.47 bits per heavy atom. The van der Waals surface area contributed by atoms with Crippen LogP contribution in [0.1, 0.15) is 20.4 Å². The minimum Gasteiger partial charge on any atom is -0.382 e. The molecule has 2 aromatic heterocycles. The van der Waals surface area contributed by atoms with E-state index in [-0.39, 0.29) is 17.4 Å². The van der Waals surface area contributed by atoms with Gasteiger partial charge in [0.1, 0.15) is 10.8 Å². The van der Waals surface area contributed by atoms with Crippen LogP contribution in [0.2, 0.25) is 0 Å². The van der Waals surface area contributed by atoms with E-state index in [1.165, 1.54) is 12.1 Å². The fourth-order valence-corrected chi connectivity index (χ4v) is 1.92. The Hall–Kier alpha value is -2.02. The number of nitrogens with zero attached hydrogens (tertiary/aromatic N) is 3. The Labute approximate surface area is 102 Å². The second-order valence-electron chi connectivity index (χ2n) is 3.39. The van der Waals surface area contributed by atoms with Gasteiger partial charge in [0.25, 0.3) is 5.91 Å². The zero-order valence-corrected chi connectivity index (χ0v) is 9.99. The summed E-state index contributed by atoms with van der Waals surface area (Å²) in [6, 6.07) is 3.07. The Bertz CT molecular complexity index is 522. The van der Waals surface area contributed by atoms with Gasteiger partial charge in [0.05, 0.1) is 6.54 Å². The molecule has 0 spiro atoms. The van der Waals surface area contributed by atoms with E-state index < -0.39 is 0 Å². The lowest BCUT2D eigenvalue weighted by molar-refractivity contribution is 0.0945. The minimum atomic E-state index is -0.287. The fourth-order valence-electron chi connectivity index (χ4n) is 1.19. The summed E-state index contributed by atoms with van der Waals surface area (Å²) in [5.41, 5.74) is 5.62. The standard InChI is InChI=1S/C10H11N5OS/c1-6-4-12-9(17-6)5-13-10(16)7-2-3-8(11)15-14-7/h2-4H,5H2,1H3,(H2,11,15)(H,13,16). The van der Waals surface area contributed by atoms with Crippen LogP contribution >= 0.6 is 11.3 Å². The number of aryl methyl sites for hydroxylation is 1. The first-order valence-corrected chi connectivity index (χ1v) is 5.75. The molecule has 88 valence electrons. The summed E-state index contributed by atoms with van der Waals surface area (Å²) in [6.45, 7) is 2.36. The van der Waals surface area contributed by atoms with Crippen molar-refractivity contribution in [3.8, 4) is 0 Å². The highest BCUT2D eigenvalue weighted by Crippen LogP contribution is 2.10. The van der Waals surface area contributed by atoms with Crippen molar-refractivity contribution in [1.29, 1.82) is 0 Å². The monoisotopic (exact) mass is 249 g/mol. The smallest absolute Gasteiger partial charge is 0.272 e. The number of carbonyl (C=O) groups is 1. The zero-order chi connectivity index (χ0) is 12.3. The molecule has 1 amide bonds. The molecular formula is C10H11N5OS. The number of hydrogen-bond acceptors (Lipinski definition) is 6. The zero-order valence-electron chi connectivity index (χ0n) is 9.17. The van der Waals surface area contributed by atoms with Crippen molar-refractivity contribution in [2.24, 2.45) is 0 Å². The number of aromatic nitrogens is 3. The molecule has 0 unspecified atom stereocenters. The molecule has 0 aromatic carbocycles. The van der Waals surface area contributed by atoms with Crippen LogP contribution in [-0.2, 0) is 6.54 Å². The van der Waals surface area contributed by atoms with E-state index in [9.17, 15) is 4.79 Å². The van der Waals surface area contributed by atoms with Gasteiger partial charge >= 0.3 is 0 Å². The van der Waals surface area contributed by atoms with Crippen molar-refractivity contribution in [3.63, 3.8) is 0 Å². The number of rotatable bonds is 3. The first kappa shape index (κ1) is 11.5. The third-order valence-electron chi connectivity index (χ3n) is 1.99. The van der Waals surface area contributed by atoms with Crippen LogP contribution in [0.3, 0.4) is 0 Å². The van der Waals surface area contributed by atoms with E-state index >= 15 is 0 Å². The van der Waals surface area contributed by atoms with Crippen LogP contribution in [0.15, 0.2) is 18.3 Å². The van der Waals surface area contributed by atoms with Gasteiger partial charge in [-0.3, -0.25) is 4.79 Å². The summed E-state index contributed by atoms with van der Waals surface area (Å²) in [7, 11) is 0. The molecule has 2 heterocycles. The van der Waals surface area contributed by atoms with Crippen LogP contribution in [0.4, 0.5) is 5.82 Å². The van der Waals surface area contributed by atoms with Gasteiger partial charge in [-0.05, 0) is 19.1 Å². The van der Waals surface area contributed by atoms with Gasteiger partial charge in [-0.2, -0.15) is 0 Å². The lowest BCUT2D eigenvalue weighted by Gasteiger charge is -2.01. The number of nitrogens with two attached hydrogens (primary N) is 1. The molecule has 3 N–H and O–H groups in total. The number of nitrogen functional groups attached to an aromatic ring is 1. The average molecular weight is 249 g/mol. The van der Waals surface area contributed by atoms with Crippen molar-refractivity contribution < 1.29 is 4.79 Å². The van der Waals surface area contributed by atoms with Gasteiger partial charge in [-0.25, -0.2) is 4.98 Å². The van der Waals surface area contributed by atoms with E-state index in [0.29, 0.717) is 6.54 Å². The summed E-state index contributed by atoms with van der Waals surface area (Å²) < 4.78 is 0. The molecule has 0 saturated carbocycles. The molecule has 0 saturated heterocycles. The molecule has 17 heavy (non-hydrogen) atoms. The number of nitrogens with one attached hydrogen (secondary N) is 1. The summed E-state index contributed by atoms with van der Waals surface area (Å²) in [4.78, 5) is 16.9. The van der Waals surface area contributed by atoms with Crippen LogP contribution in [0.25, 0.3) is 0 Å². The number of carbonyl (C=O) groups excluding carboxylic acids is 1. The average Bonchev–Trinajstić information content (AvgIpc) is 2.73. The topological polar surface area (TPSA) is 93.8 Å². The van der Waals surface area contributed by atoms with Crippen LogP contribution in [0, 0.1) is 6.92 Å². The lowest BCUT2D eigenvalue weighted by Crippen LogP contribution is -2.24. The molecule has 0 aliphatic heterocycles. The summed E-state index contributed by atoms with van der Waals surface area (Å²) in [5, 5.41) is 10.9. The second-order valence-corrected chi connectivity index (χ2v) is 4.71. The van der Waals surface area contributed by atoms with E-state index in [4.69, 9.17) is 5.73 Å². The molecule has 0 bridgehead atoms. The highest BCUT2D eigenvalue weighted by Gasteiger charge is 2.08. The van der Waals surface area contributed by atoms with E-state index in [2.05, 4.69) is 20.5 Å². The number of anilines is 1. The molecule has 2 aromatic rings. The molecule has 0 aliphatic carbocycles. The Kier molecular flexibility index (Phi) is 3.29. The third-order valence-corrected chi connectivity index (χ3v) is 2.90. The molecule has 0 atom stereocenters. The Morgan fingerprint density at radius 3 is 2.88 bits per heavy atom. The van der Waals surface area contributed by atoms with Crippen LogP contribution in [0.5, 0.6) is 0 Å². The molecule has 0 aliphatic rings. The van der Waals surface area contributed by atoms with Crippen molar-refractivity contribution in [2.45, 2.75) is 13.5 Å². The number of hydrogen-bond donors (Lipinski definition) is 2. The molecule has 7 heteroatoms. The molecule has 6 nitrogen and oxygen atoms in total. The highest BCUT2D eigenvalue weighted by molar-refractivity contribution is 7.11. The Balaban J connectivity index is 1.95. The van der Waals surface area contributed by atoms with Gasteiger partial charge in [0.2, 0.25) is 0 Å². The van der Waals surface area contributed by atoms with Gasteiger partial charge < -0.3 is 11.1 Å². The van der Waals surface area contributed by atoms with Crippen molar-refractivity contribution in [2.75, 3.05) is 5.73 Å². The van der Waals surface area contributed by atoms with E-state index in [1.807, 2.05) is 6.92 Å². The maximum atomic E-state index is 11.7. The van der Waals surface area contributed by atoms with E-state index in [0.717, 1.165) is 9.88 Å². The largest absolute Gasteiger partial charge is 0.382 e. The Morgan fingerprint density at radius 2 is 2.29 bits per heavy atom. The van der Waals surface area contributed by atoms with Crippen molar-refractivity contribution in [3.05, 3.63) is 33.9 Å². The maximum absolute atomic E-state index is 11.7. The number of thiazole rings is 1. The minimum absolute atomic E-state index is 0.243. The SMILES string of the molecule is Cc1cnc(CNC(=O)c2ccc(N)nn2)s1. The summed E-state index contributed by atoms with van der Waals surface area (Å²) in [6.07, 6.45) is 1.77. The van der Waals surface area contributed by atoms with Gasteiger partial charge in [0, 0.05) is 11.1 Å². The molecule has 0 radical (unpaired) electrons. The van der Waals surface area contributed by atoms with Gasteiger partial charge in [-0.15, -0.1) is 21.5 Å². The van der Waals surface area contributed by atoms with Gasteiger partial charge in [0.15, 0.2) is 5.69 Å². The molecule has 0 fully saturated rings. The quantitative estimate of drug-likeness (QED) is 0.837. The van der Waals surface area contributed by atoms with Gasteiger partial charge in [-0.1, -0.05) is 0 Å². The fraction of sp³-hybridized carbons (Fsp3) is 0.200. The van der Waals surface area contributed by atoms with Crippen LogP contribution in [-0.4, -0.2) is 21.1 Å². The first-order valence-electron chi connectivity index (χ1n) is 4.94. The number of amides is 1. The predicted octanol–water partition coefficient (Wildman–Crippen LogP) is 0.754. The second kappa shape index (κ2) is 4.88. The van der Waals surface area contributed by atoms with Crippen LogP contribution < -0.4 is 11.1 Å². The van der Waals surface area contributed by atoms with E-state index in [1.54, 1.807) is 17.5 Å². The first-order chi connectivity index (χ1) is 8.15. The summed E-state index contributed by atoms with van der Waals surface area (Å²) in [5.74, 6) is 0.00227. The lowest BCUT2D eigenvalue weighted by atomic mass is 10.3. The summed E-state index contributed by atoms with van der Waals surface area (Å²) >= 11 is 1.55. The third kappa shape index (κ3) is 2.97. The molecular weight excluding hydrogens is 238 g/mol. The molecule has 2 rings (SSSR count). The predicted molar refractivity (Wildman–Crippen MR) is 64.5 cm³/mol. The highest BCUT2D eigenvalue weighted by atomic mass is 32.1.